The van der Waals surface area contributed by atoms with Crippen LogP contribution in [0.3, 0.4) is 0 Å². The fourth-order valence-corrected chi connectivity index (χ4v) is 1.75. The second-order valence-electron chi connectivity index (χ2n) is 4.10. The van der Waals surface area contributed by atoms with Crippen molar-refractivity contribution in [3.05, 3.63) is 29.8 Å². The van der Waals surface area contributed by atoms with E-state index in [1.807, 2.05) is 30.1 Å². The van der Waals surface area contributed by atoms with Crippen LogP contribution in [-0.4, -0.2) is 26.2 Å². The highest BCUT2D eigenvalue weighted by molar-refractivity contribution is 5.85. The summed E-state index contributed by atoms with van der Waals surface area (Å²) in [7, 11) is 0. The molecular weight excluding hydrogens is 269 g/mol. The minimum atomic E-state index is -0.401. The lowest BCUT2D eigenvalue weighted by molar-refractivity contribution is 0.426. The zero-order chi connectivity index (χ0) is 13.0. The lowest BCUT2D eigenvalue weighted by Crippen LogP contribution is -2.02. The lowest BCUT2D eigenvalue weighted by Gasteiger charge is -2.01. The molecule has 0 spiro atoms. The summed E-state index contributed by atoms with van der Waals surface area (Å²) in [6, 6.07) is 1.98. The van der Waals surface area contributed by atoms with Crippen LogP contribution in [0.4, 0.5) is 10.1 Å². The lowest BCUT2D eigenvalue weighted by atomic mass is 10.3. The van der Waals surface area contributed by atoms with Gasteiger partial charge in [-0.1, -0.05) is 0 Å². The predicted octanol–water partition coefficient (Wildman–Crippen LogP) is 2.41. The molecule has 7 heteroatoms. The van der Waals surface area contributed by atoms with Crippen LogP contribution >= 0.6 is 12.4 Å². The molecule has 2 heterocycles. The van der Waals surface area contributed by atoms with Crippen LogP contribution in [0.25, 0.3) is 0 Å². The number of alkyl halides is 1. The van der Waals surface area contributed by atoms with E-state index in [0.717, 1.165) is 23.6 Å². The molecule has 0 aliphatic rings. The average molecular weight is 288 g/mol. The van der Waals surface area contributed by atoms with Crippen molar-refractivity contribution in [3.63, 3.8) is 0 Å². The van der Waals surface area contributed by atoms with E-state index in [0.29, 0.717) is 13.1 Å². The van der Waals surface area contributed by atoms with Gasteiger partial charge in [0.2, 0.25) is 0 Å². The Morgan fingerprint density at radius 3 is 2.74 bits per heavy atom. The number of aromatic nitrogens is 4. The Labute approximate surface area is 118 Å². The molecule has 0 aliphatic heterocycles. The molecule has 19 heavy (non-hydrogen) atoms. The van der Waals surface area contributed by atoms with Gasteiger partial charge < -0.3 is 5.32 Å². The van der Waals surface area contributed by atoms with Crippen LogP contribution in [0.2, 0.25) is 0 Å². The fraction of sp³-hybridized carbons (Fsp3) is 0.500. The monoisotopic (exact) mass is 287 g/mol. The normalized spacial score (nSPS) is 10.3. The van der Waals surface area contributed by atoms with Crippen LogP contribution in [0.15, 0.2) is 18.5 Å². The van der Waals surface area contributed by atoms with Crippen molar-refractivity contribution in [2.24, 2.45) is 0 Å². The number of halogens is 2. The first-order valence-corrected chi connectivity index (χ1v) is 6.09. The van der Waals surface area contributed by atoms with Gasteiger partial charge in [-0.25, -0.2) is 4.39 Å². The number of nitrogens with zero attached hydrogens (tertiary/aromatic N) is 4. The number of hydrogen-bond donors (Lipinski definition) is 1. The zero-order valence-electron chi connectivity index (χ0n) is 11.1. The fourth-order valence-electron chi connectivity index (χ4n) is 1.75. The van der Waals surface area contributed by atoms with Gasteiger partial charge in [0, 0.05) is 18.9 Å². The Balaban J connectivity index is 0.00000180. The zero-order valence-corrected chi connectivity index (χ0v) is 12.0. The summed E-state index contributed by atoms with van der Waals surface area (Å²) >= 11 is 0. The van der Waals surface area contributed by atoms with Crippen molar-refractivity contribution in [1.29, 1.82) is 0 Å². The summed E-state index contributed by atoms with van der Waals surface area (Å²) in [6.45, 7) is 5.37. The summed E-state index contributed by atoms with van der Waals surface area (Å²) < 4.78 is 15.7. The number of rotatable bonds is 6. The maximum atomic E-state index is 12.2. The third-order valence-electron chi connectivity index (χ3n) is 2.74. The van der Waals surface area contributed by atoms with Crippen molar-refractivity contribution in [2.75, 3.05) is 12.0 Å². The second-order valence-corrected chi connectivity index (χ2v) is 4.10. The molecule has 2 rings (SSSR count). The van der Waals surface area contributed by atoms with Gasteiger partial charge in [0.25, 0.3) is 0 Å². The van der Waals surface area contributed by atoms with Crippen molar-refractivity contribution in [1.82, 2.24) is 19.6 Å². The first kappa shape index (κ1) is 15.5. The highest BCUT2D eigenvalue weighted by Crippen LogP contribution is 2.13. The molecule has 0 fully saturated rings. The van der Waals surface area contributed by atoms with E-state index >= 15 is 0 Å². The van der Waals surface area contributed by atoms with E-state index in [1.54, 1.807) is 4.68 Å². The van der Waals surface area contributed by atoms with Crippen molar-refractivity contribution in [3.8, 4) is 0 Å². The molecule has 106 valence electrons. The summed E-state index contributed by atoms with van der Waals surface area (Å²) in [4.78, 5) is 0. The Hall–Kier alpha value is -1.56. The summed E-state index contributed by atoms with van der Waals surface area (Å²) in [6.07, 6.45) is 3.78. The van der Waals surface area contributed by atoms with Crippen LogP contribution in [0, 0.1) is 6.92 Å². The van der Waals surface area contributed by atoms with Gasteiger partial charge >= 0.3 is 0 Å². The molecule has 0 atom stereocenters. The van der Waals surface area contributed by atoms with Crippen molar-refractivity contribution >= 4 is 18.1 Å². The summed E-state index contributed by atoms with van der Waals surface area (Å²) in [5.41, 5.74) is 2.78. The topological polar surface area (TPSA) is 47.7 Å². The first-order valence-electron chi connectivity index (χ1n) is 6.09. The van der Waals surface area contributed by atoms with E-state index < -0.39 is 6.67 Å². The Morgan fingerprint density at radius 2 is 2.11 bits per heavy atom. The van der Waals surface area contributed by atoms with Gasteiger partial charge in [0.15, 0.2) is 0 Å². The van der Waals surface area contributed by atoms with Crippen LogP contribution < -0.4 is 5.32 Å². The predicted molar refractivity (Wildman–Crippen MR) is 75.4 cm³/mol. The van der Waals surface area contributed by atoms with Crippen molar-refractivity contribution < 1.29 is 4.39 Å². The standard InChI is InChI=1S/C12H18FN5.ClH/c1-3-17-6-4-11(16-17)8-14-12-9-18(7-5-13)15-10(12)2;/h4,6,9,14H,3,5,7-8H2,1-2H3;1H. The van der Waals surface area contributed by atoms with E-state index in [2.05, 4.69) is 22.4 Å². The molecule has 0 aromatic carbocycles. The van der Waals surface area contributed by atoms with Gasteiger partial charge in [-0.05, 0) is 19.9 Å². The molecule has 0 amide bonds. The van der Waals surface area contributed by atoms with Crippen LogP contribution in [0.1, 0.15) is 18.3 Å². The maximum absolute atomic E-state index is 12.2. The summed E-state index contributed by atoms with van der Waals surface area (Å²) in [5.74, 6) is 0. The molecule has 0 saturated carbocycles. The highest BCUT2D eigenvalue weighted by atomic mass is 35.5. The van der Waals surface area contributed by atoms with E-state index in [1.165, 1.54) is 0 Å². The van der Waals surface area contributed by atoms with Crippen LogP contribution in [0.5, 0.6) is 0 Å². The Bertz CT molecular complexity index is 508. The molecule has 2 aromatic rings. The molecule has 1 N–H and O–H groups in total. The number of nitrogens with one attached hydrogen (secondary N) is 1. The summed E-state index contributed by atoms with van der Waals surface area (Å²) in [5, 5.41) is 11.9. The number of hydrogen-bond acceptors (Lipinski definition) is 3. The largest absolute Gasteiger partial charge is 0.377 e. The highest BCUT2D eigenvalue weighted by Gasteiger charge is 2.05. The average Bonchev–Trinajstić information content (AvgIpc) is 2.94. The number of aryl methyl sites for hydroxylation is 3. The van der Waals surface area contributed by atoms with E-state index in [-0.39, 0.29) is 12.4 Å². The molecule has 0 radical (unpaired) electrons. The van der Waals surface area contributed by atoms with E-state index in [4.69, 9.17) is 0 Å². The van der Waals surface area contributed by atoms with Gasteiger partial charge in [0.05, 0.1) is 30.2 Å². The van der Waals surface area contributed by atoms with E-state index in [9.17, 15) is 4.39 Å². The van der Waals surface area contributed by atoms with Gasteiger partial charge in [-0.3, -0.25) is 9.36 Å². The third kappa shape index (κ3) is 3.96. The van der Waals surface area contributed by atoms with Gasteiger partial charge in [-0.2, -0.15) is 10.2 Å². The molecule has 0 aliphatic carbocycles. The van der Waals surface area contributed by atoms with Crippen molar-refractivity contribution in [2.45, 2.75) is 33.5 Å². The number of anilines is 1. The van der Waals surface area contributed by atoms with Gasteiger partial charge in [0.1, 0.15) is 6.67 Å². The molecule has 0 unspecified atom stereocenters. The quantitative estimate of drug-likeness (QED) is 0.887. The minimum absolute atomic E-state index is 0. The molecule has 5 nitrogen and oxygen atoms in total. The van der Waals surface area contributed by atoms with Gasteiger partial charge in [-0.15, -0.1) is 12.4 Å². The maximum Gasteiger partial charge on any atom is 0.109 e. The molecule has 0 bridgehead atoms. The first-order chi connectivity index (χ1) is 8.72. The molecule has 0 saturated heterocycles. The minimum Gasteiger partial charge on any atom is -0.377 e. The second kappa shape index (κ2) is 7.13. The van der Waals surface area contributed by atoms with Crippen LogP contribution in [-0.2, 0) is 19.6 Å². The smallest absolute Gasteiger partial charge is 0.109 e. The Morgan fingerprint density at radius 1 is 1.32 bits per heavy atom. The SMILES string of the molecule is CCn1ccc(CNc2cn(CCF)nc2C)n1.Cl. The molecular formula is C12H19ClFN5. The third-order valence-corrected chi connectivity index (χ3v) is 2.74. The Kier molecular flexibility index (Phi) is 5.82. The molecule has 2 aromatic heterocycles.